The van der Waals surface area contributed by atoms with E-state index in [9.17, 15) is 20.3 Å². The second kappa shape index (κ2) is 11.5. The molecule has 2 bridgehead atoms. The first-order chi connectivity index (χ1) is 19.5. The van der Waals surface area contributed by atoms with Crippen LogP contribution in [0, 0.1) is 88.0 Å². The van der Waals surface area contributed by atoms with Gasteiger partial charge in [0.05, 0.1) is 18.2 Å². The van der Waals surface area contributed by atoms with E-state index in [4.69, 9.17) is 9.47 Å². The molecule has 10 heteroatoms. The summed E-state index contributed by atoms with van der Waals surface area (Å²) in [4.78, 5) is 17.7. The molecule has 0 saturated carbocycles. The van der Waals surface area contributed by atoms with Gasteiger partial charge in [0.1, 0.15) is 17.5 Å². The minimum Gasteiger partial charge on any atom is -0.507 e. The van der Waals surface area contributed by atoms with E-state index in [1.54, 1.807) is 0 Å². The van der Waals surface area contributed by atoms with Crippen molar-refractivity contribution in [2.45, 2.75) is 84.6 Å². The maximum atomic E-state index is 13.2. The Morgan fingerprint density at radius 3 is 2.43 bits per heavy atom. The molecule has 1 radical (unpaired) electrons. The molecule has 2 aromatic carbocycles. The van der Waals surface area contributed by atoms with E-state index in [0.29, 0.717) is 35.7 Å². The number of phenolic OH excluding ortho intramolecular Hbond substituents is 2. The number of aromatic hydroxyl groups is 2. The summed E-state index contributed by atoms with van der Waals surface area (Å²) in [7, 11) is 2.04. The maximum Gasteiger partial charge on any atom is 0.231 e. The maximum absolute atomic E-state index is 13.2. The van der Waals surface area contributed by atoms with E-state index in [1.165, 1.54) is 0 Å². The molecule has 4 aliphatic heterocycles. The second-order valence-corrected chi connectivity index (χ2v) is 12.6. The van der Waals surface area contributed by atoms with Crippen molar-refractivity contribution in [1.29, 1.82) is 5.26 Å². The Morgan fingerprint density at radius 1 is 1.07 bits per heavy atom. The van der Waals surface area contributed by atoms with Crippen molar-refractivity contribution in [3.8, 4) is 29.1 Å². The molecular formula is C32H40AcN4O5. The molecule has 1 amide bonds. The first-order valence-electron chi connectivity index (χ1n) is 14.6. The van der Waals surface area contributed by atoms with Crippen LogP contribution in [0.4, 0.5) is 0 Å². The molecule has 4 heterocycles. The van der Waals surface area contributed by atoms with Crippen molar-refractivity contribution in [3.63, 3.8) is 0 Å². The fourth-order valence-electron chi connectivity index (χ4n) is 7.57. The number of benzene rings is 2. The van der Waals surface area contributed by atoms with Crippen molar-refractivity contribution in [2.75, 3.05) is 20.4 Å². The van der Waals surface area contributed by atoms with Crippen LogP contribution in [0.1, 0.15) is 71.8 Å². The van der Waals surface area contributed by atoms with Gasteiger partial charge in [-0.1, -0.05) is 26.8 Å². The number of carbonyl (C=O) groups excluding carboxylic acids is 1. The zero-order valence-corrected chi connectivity index (χ0v) is 30.2. The van der Waals surface area contributed by atoms with Crippen molar-refractivity contribution in [2.24, 2.45) is 11.8 Å². The molecule has 0 aliphatic carbocycles. The van der Waals surface area contributed by atoms with Gasteiger partial charge in [-0.3, -0.25) is 14.6 Å². The van der Waals surface area contributed by atoms with Crippen LogP contribution in [0.5, 0.6) is 23.0 Å². The molecule has 42 heavy (non-hydrogen) atoms. The smallest absolute Gasteiger partial charge is 0.231 e. The van der Waals surface area contributed by atoms with Gasteiger partial charge in [0.15, 0.2) is 11.5 Å². The van der Waals surface area contributed by atoms with Crippen LogP contribution in [0.25, 0.3) is 0 Å². The summed E-state index contributed by atoms with van der Waals surface area (Å²) < 4.78 is 11.8. The molecule has 6 rings (SSSR count). The zero-order chi connectivity index (χ0) is 29.5. The first-order valence-corrected chi connectivity index (χ1v) is 14.6. The molecule has 6 atom stereocenters. The molecule has 1 saturated heterocycles. The van der Waals surface area contributed by atoms with Crippen LogP contribution >= 0.6 is 0 Å². The average molecular weight is 788 g/mol. The molecule has 2 aromatic rings. The Hall–Kier alpha value is -2.04. The summed E-state index contributed by atoms with van der Waals surface area (Å²) in [6.07, 6.45) is 1.09. The Morgan fingerprint density at radius 2 is 1.76 bits per heavy atom. The van der Waals surface area contributed by atoms with Crippen LogP contribution in [0.2, 0.25) is 0 Å². The van der Waals surface area contributed by atoms with Gasteiger partial charge in [-0.15, -0.1) is 0 Å². The van der Waals surface area contributed by atoms with Crippen molar-refractivity contribution < 1.29 is 68.5 Å². The molecule has 0 spiro atoms. The Labute approximate surface area is 283 Å². The number of nitrogens with zero attached hydrogens (tertiary/aromatic N) is 3. The van der Waals surface area contributed by atoms with Gasteiger partial charge in [0.2, 0.25) is 12.7 Å². The molecule has 4 aliphatic rings. The number of ether oxygens (including phenoxy) is 2. The van der Waals surface area contributed by atoms with Gasteiger partial charge in [-0.2, -0.15) is 5.26 Å². The van der Waals surface area contributed by atoms with E-state index >= 15 is 0 Å². The average Bonchev–Trinajstić information content (AvgIpc) is 3.43. The monoisotopic (exact) mass is 787 g/mol. The Bertz CT molecular complexity index is 1490. The van der Waals surface area contributed by atoms with Crippen LogP contribution in [-0.2, 0) is 17.6 Å². The Balaban J connectivity index is 0.00000353. The number of phenols is 2. The predicted molar refractivity (Wildman–Crippen MR) is 153 cm³/mol. The molecular weight excluding hydrogens is 747 g/mol. The van der Waals surface area contributed by atoms with Gasteiger partial charge in [-0.05, 0) is 63.3 Å². The van der Waals surface area contributed by atoms with Gasteiger partial charge in [0, 0.05) is 90.9 Å². The van der Waals surface area contributed by atoms with E-state index in [2.05, 4.69) is 27.3 Å². The summed E-state index contributed by atoms with van der Waals surface area (Å²) in [5.74, 6) is 1.51. The molecule has 0 aromatic heterocycles. The number of hydrogen-bond donors (Lipinski definition) is 3. The van der Waals surface area contributed by atoms with Crippen molar-refractivity contribution in [1.82, 2.24) is 15.1 Å². The van der Waals surface area contributed by atoms with Crippen LogP contribution in [0.15, 0.2) is 6.07 Å². The number of nitrogens with one attached hydrogen (secondary N) is 1. The summed E-state index contributed by atoms with van der Waals surface area (Å²) in [5.41, 5.74) is 6.02. The molecule has 221 valence electrons. The first kappa shape index (κ1) is 31.4. The number of aryl methyl sites for hydroxylation is 1. The molecule has 1 unspecified atom stereocenters. The third-order valence-electron chi connectivity index (χ3n) is 10.3. The number of hydrogen-bond acceptors (Lipinski definition) is 8. The summed E-state index contributed by atoms with van der Waals surface area (Å²) in [5, 5.41) is 36.9. The standard InChI is InChI=1S/C32H40N4O5.Ac/c1-14(2)16(4)32(39)34-12-24-26-20(28(37)18(6)30-31(26)41-13-40-30)10-22-27-25-19(8-15(3)17(5)29(25)38)9-21(35(27)7)23(11-33)36(22)24;/h8,14,16,21-24,27,37-38H,9-10,12-13H2,1-7H3,(H,34,39);/t16-,21-,22?,23-,24-,27-;/m0./s1. The number of nitriles is 1. The predicted octanol–water partition coefficient (Wildman–Crippen LogP) is 3.93. The van der Waals surface area contributed by atoms with Crippen LogP contribution < -0.4 is 14.8 Å². The molecule has 9 nitrogen and oxygen atoms in total. The second-order valence-electron chi connectivity index (χ2n) is 12.6. The number of piperazine rings is 1. The summed E-state index contributed by atoms with van der Waals surface area (Å²) >= 11 is 0. The van der Waals surface area contributed by atoms with E-state index in [0.717, 1.165) is 33.4 Å². The summed E-state index contributed by atoms with van der Waals surface area (Å²) in [6, 6.07) is 3.28. The van der Waals surface area contributed by atoms with E-state index in [-0.39, 0.29) is 99.0 Å². The largest absolute Gasteiger partial charge is 0.507 e. The third kappa shape index (κ3) is 4.53. The number of amides is 1. The third-order valence-corrected chi connectivity index (χ3v) is 10.3. The number of fused-ring (bicyclic) bond motifs is 9. The normalized spacial score (nSPS) is 26.4. The Kier molecular flexibility index (Phi) is 8.57. The topological polar surface area (TPSA) is 118 Å². The quantitative estimate of drug-likeness (QED) is 0.427. The fraction of sp³-hybridized carbons (Fsp3) is 0.562. The van der Waals surface area contributed by atoms with Crippen molar-refractivity contribution >= 4 is 5.91 Å². The van der Waals surface area contributed by atoms with Crippen molar-refractivity contribution in [3.05, 3.63) is 45.0 Å². The zero-order valence-electron chi connectivity index (χ0n) is 25.5. The fourth-order valence-corrected chi connectivity index (χ4v) is 7.57. The number of rotatable bonds is 4. The van der Waals surface area contributed by atoms with Gasteiger partial charge in [0.25, 0.3) is 0 Å². The van der Waals surface area contributed by atoms with Gasteiger partial charge >= 0.3 is 0 Å². The minimum absolute atomic E-state index is 0. The van der Waals surface area contributed by atoms with E-state index in [1.807, 2.05) is 48.6 Å². The van der Waals surface area contributed by atoms with Crippen LogP contribution in [-0.4, -0.2) is 64.4 Å². The molecule has 1 fully saturated rings. The minimum atomic E-state index is -0.489. The van der Waals surface area contributed by atoms with Gasteiger partial charge < -0.3 is 25.0 Å². The number of carbonyl (C=O) groups is 1. The van der Waals surface area contributed by atoms with Gasteiger partial charge in [-0.25, -0.2) is 0 Å². The van der Waals surface area contributed by atoms with E-state index < -0.39 is 12.1 Å². The van der Waals surface area contributed by atoms with Crippen LogP contribution in [0.3, 0.4) is 0 Å². The molecule has 3 N–H and O–H groups in total. The number of likely N-dealkylation sites (N-methyl/N-ethyl adjacent to an activating group) is 1. The summed E-state index contributed by atoms with van der Waals surface area (Å²) in [6.45, 7) is 12.0. The SMILES string of the molecule is Cc1cc2c(c(O)c1C)[C@@H]1C3Cc4c(O)c(C)c5c(c4[C@H](CNC(=O)[C@@H](C)C(C)C)N3[C@@H](C#N)[C@H](C2)N1C)OCO5.[Ac].